The molecular formula is C14H21NOS. The number of rotatable bonds is 5. The fourth-order valence-electron chi connectivity index (χ4n) is 2.16. The van der Waals surface area contributed by atoms with Crippen molar-refractivity contribution in [2.24, 2.45) is 0 Å². The first kappa shape index (κ1) is 12.7. The summed E-state index contributed by atoms with van der Waals surface area (Å²) in [7, 11) is 0. The molecule has 1 aliphatic rings. The van der Waals surface area contributed by atoms with Gasteiger partial charge in [0.2, 0.25) is 0 Å². The molecule has 3 heteroatoms. The fourth-order valence-corrected chi connectivity index (χ4v) is 3.23. The van der Waals surface area contributed by atoms with Gasteiger partial charge < -0.3 is 10.1 Å². The Hall–Kier alpha value is -0.800. The first-order chi connectivity index (χ1) is 8.35. The summed E-state index contributed by atoms with van der Waals surface area (Å²) >= 11 is 1.92. The second-order valence-corrected chi connectivity index (χ2v) is 5.52. The number of likely N-dealkylation sites (N-methyl/N-ethyl adjacent to an activating group) is 1. The number of hydrogen-bond acceptors (Lipinski definition) is 3. The Morgan fingerprint density at radius 1 is 1.41 bits per heavy atom. The first-order valence-electron chi connectivity index (χ1n) is 6.47. The van der Waals surface area contributed by atoms with Gasteiger partial charge in [-0.15, -0.1) is 11.3 Å². The summed E-state index contributed by atoms with van der Waals surface area (Å²) in [5.74, 6) is 0. The Bertz CT molecular complexity index is 383. The van der Waals surface area contributed by atoms with E-state index >= 15 is 0 Å². The smallest absolute Gasteiger partial charge is 0.0876 e. The monoisotopic (exact) mass is 251 g/mol. The van der Waals surface area contributed by atoms with Crippen LogP contribution in [0.5, 0.6) is 0 Å². The van der Waals surface area contributed by atoms with Crippen LogP contribution in [0.15, 0.2) is 24.0 Å². The number of ether oxygens (including phenoxy) is 1. The third-order valence-corrected chi connectivity index (χ3v) is 4.35. The van der Waals surface area contributed by atoms with Gasteiger partial charge in [-0.05, 0) is 43.5 Å². The number of nitrogens with one attached hydrogen (secondary N) is 1. The Balaban J connectivity index is 2.18. The molecule has 1 unspecified atom stereocenters. The van der Waals surface area contributed by atoms with E-state index in [1.54, 1.807) is 0 Å². The predicted molar refractivity (Wildman–Crippen MR) is 73.4 cm³/mol. The molecule has 2 heterocycles. The zero-order valence-corrected chi connectivity index (χ0v) is 11.5. The first-order valence-corrected chi connectivity index (χ1v) is 7.29. The van der Waals surface area contributed by atoms with E-state index in [0.717, 1.165) is 32.4 Å². The lowest BCUT2D eigenvalue weighted by atomic mass is 10.0. The van der Waals surface area contributed by atoms with E-state index in [4.69, 9.17) is 4.74 Å². The lowest BCUT2D eigenvalue weighted by Crippen LogP contribution is -2.23. The number of hydrogen-bond donors (Lipinski definition) is 1. The molecule has 2 rings (SSSR count). The molecule has 0 bridgehead atoms. The van der Waals surface area contributed by atoms with Crippen molar-refractivity contribution in [3.8, 4) is 0 Å². The lowest BCUT2D eigenvalue weighted by Gasteiger charge is -2.23. The quantitative estimate of drug-likeness (QED) is 0.862. The minimum absolute atomic E-state index is 0.352. The fraction of sp³-hybridized carbons (Fsp3) is 0.571. The third-order valence-electron chi connectivity index (χ3n) is 3.06. The van der Waals surface area contributed by atoms with Gasteiger partial charge in [-0.1, -0.05) is 13.8 Å². The van der Waals surface area contributed by atoms with Crippen LogP contribution in [0.4, 0.5) is 0 Å². The van der Waals surface area contributed by atoms with Gasteiger partial charge in [-0.3, -0.25) is 0 Å². The van der Waals surface area contributed by atoms with Gasteiger partial charge in [0.05, 0.1) is 18.9 Å². The van der Waals surface area contributed by atoms with Gasteiger partial charge >= 0.3 is 0 Å². The molecule has 1 aliphatic heterocycles. The molecule has 2 nitrogen and oxygen atoms in total. The lowest BCUT2D eigenvalue weighted by molar-refractivity contribution is 0.219. The third kappa shape index (κ3) is 3.11. The van der Waals surface area contributed by atoms with E-state index in [1.165, 1.54) is 15.3 Å². The molecule has 0 amide bonds. The van der Waals surface area contributed by atoms with Gasteiger partial charge in [0.15, 0.2) is 0 Å². The highest BCUT2D eigenvalue weighted by molar-refractivity contribution is 7.12. The molecule has 1 atom stereocenters. The predicted octanol–water partition coefficient (Wildman–Crippen LogP) is 3.66. The molecule has 0 aromatic carbocycles. The van der Waals surface area contributed by atoms with Crippen molar-refractivity contribution in [2.75, 3.05) is 13.2 Å². The number of thiophene rings is 1. The minimum Gasteiger partial charge on any atom is -0.501 e. The molecule has 1 N–H and O–H groups in total. The summed E-state index contributed by atoms with van der Waals surface area (Å²) in [6.07, 6.45) is 5.37. The second-order valence-electron chi connectivity index (χ2n) is 4.32. The Morgan fingerprint density at radius 3 is 2.88 bits per heavy atom. The summed E-state index contributed by atoms with van der Waals surface area (Å²) < 4.78 is 5.47. The average Bonchev–Trinajstić information content (AvgIpc) is 2.85. The average molecular weight is 251 g/mol. The van der Waals surface area contributed by atoms with Crippen molar-refractivity contribution in [1.29, 1.82) is 0 Å². The molecule has 0 aliphatic carbocycles. The summed E-state index contributed by atoms with van der Waals surface area (Å²) in [6, 6.07) is 4.85. The van der Waals surface area contributed by atoms with Crippen LogP contribution in [0, 0.1) is 0 Å². The zero-order valence-electron chi connectivity index (χ0n) is 10.7. The topological polar surface area (TPSA) is 21.3 Å². The Kier molecular flexibility index (Phi) is 4.63. The molecule has 1 aromatic heterocycles. The van der Waals surface area contributed by atoms with Crippen LogP contribution in [-0.4, -0.2) is 13.2 Å². The Labute approximate surface area is 108 Å². The summed E-state index contributed by atoms with van der Waals surface area (Å²) in [5.41, 5.74) is 1.39. The highest BCUT2D eigenvalue weighted by atomic mass is 32.1. The minimum atomic E-state index is 0.352. The molecule has 17 heavy (non-hydrogen) atoms. The van der Waals surface area contributed by atoms with E-state index in [-0.39, 0.29) is 0 Å². The van der Waals surface area contributed by atoms with E-state index in [2.05, 4.69) is 31.3 Å². The van der Waals surface area contributed by atoms with Crippen LogP contribution < -0.4 is 5.32 Å². The zero-order chi connectivity index (χ0) is 12.1. The van der Waals surface area contributed by atoms with Crippen molar-refractivity contribution in [1.82, 2.24) is 5.32 Å². The van der Waals surface area contributed by atoms with Crippen molar-refractivity contribution in [3.63, 3.8) is 0 Å². The molecule has 0 fully saturated rings. The largest absolute Gasteiger partial charge is 0.501 e. The molecular weight excluding hydrogens is 230 g/mol. The highest BCUT2D eigenvalue weighted by Gasteiger charge is 2.19. The van der Waals surface area contributed by atoms with E-state index < -0.39 is 0 Å². The standard InChI is InChI=1S/C14H21NOS/c1-3-12-7-8-13(17-12)14(15-4-2)11-6-5-9-16-10-11/h7-8,10,14-15H,3-6,9H2,1-2H3. The van der Waals surface area contributed by atoms with Crippen LogP contribution in [0.25, 0.3) is 0 Å². The molecule has 0 saturated heterocycles. The van der Waals surface area contributed by atoms with Crippen LogP contribution in [0.3, 0.4) is 0 Å². The maximum absolute atomic E-state index is 5.47. The van der Waals surface area contributed by atoms with Gasteiger partial charge in [-0.25, -0.2) is 0 Å². The van der Waals surface area contributed by atoms with Gasteiger partial charge in [-0.2, -0.15) is 0 Å². The van der Waals surface area contributed by atoms with Crippen molar-refractivity contribution in [2.45, 2.75) is 39.2 Å². The van der Waals surface area contributed by atoms with Crippen molar-refractivity contribution in [3.05, 3.63) is 33.7 Å². The van der Waals surface area contributed by atoms with Crippen molar-refractivity contribution >= 4 is 11.3 Å². The van der Waals surface area contributed by atoms with Crippen LogP contribution in [0.2, 0.25) is 0 Å². The van der Waals surface area contributed by atoms with Crippen LogP contribution in [-0.2, 0) is 11.2 Å². The number of aryl methyl sites for hydroxylation is 1. The van der Waals surface area contributed by atoms with E-state index in [9.17, 15) is 0 Å². The summed E-state index contributed by atoms with van der Waals surface area (Å²) in [5, 5.41) is 3.57. The van der Waals surface area contributed by atoms with Gasteiger partial charge in [0.1, 0.15) is 0 Å². The molecule has 94 valence electrons. The van der Waals surface area contributed by atoms with Crippen LogP contribution in [0.1, 0.15) is 42.5 Å². The second kappa shape index (κ2) is 6.22. The van der Waals surface area contributed by atoms with Crippen LogP contribution >= 0.6 is 11.3 Å². The summed E-state index contributed by atoms with van der Waals surface area (Å²) in [6.45, 7) is 6.22. The molecule has 0 saturated carbocycles. The van der Waals surface area contributed by atoms with E-state index in [0.29, 0.717) is 6.04 Å². The molecule has 0 spiro atoms. The SMILES string of the molecule is CCNC(C1=COCCC1)c1ccc(CC)s1. The molecule has 0 radical (unpaired) electrons. The Morgan fingerprint density at radius 2 is 2.29 bits per heavy atom. The van der Waals surface area contributed by atoms with Gasteiger partial charge in [0.25, 0.3) is 0 Å². The highest BCUT2D eigenvalue weighted by Crippen LogP contribution is 2.32. The summed E-state index contributed by atoms with van der Waals surface area (Å²) in [4.78, 5) is 2.88. The van der Waals surface area contributed by atoms with Crippen molar-refractivity contribution < 1.29 is 4.74 Å². The van der Waals surface area contributed by atoms with Gasteiger partial charge in [0, 0.05) is 9.75 Å². The maximum Gasteiger partial charge on any atom is 0.0876 e. The molecule has 1 aromatic rings. The maximum atomic E-state index is 5.47. The normalized spacial score (nSPS) is 17.4. The van der Waals surface area contributed by atoms with E-state index in [1.807, 2.05) is 17.6 Å².